The average Bonchev–Trinajstić information content (AvgIpc) is 3.23. The van der Waals surface area contributed by atoms with E-state index >= 15 is 0 Å². The Balaban J connectivity index is 1.75. The lowest BCUT2D eigenvalue weighted by molar-refractivity contribution is 0.285. The van der Waals surface area contributed by atoms with Crippen molar-refractivity contribution in [3.05, 3.63) is 41.2 Å². The molecule has 1 unspecified atom stereocenters. The topological polar surface area (TPSA) is 15.3 Å². The molecule has 1 aliphatic heterocycles. The summed E-state index contributed by atoms with van der Waals surface area (Å²) in [6.45, 7) is 4.48. The Morgan fingerprint density at radius 1 is 0.958 bits per heavy atom. The van der Waals surface area contributed by atoms with Crippen LogP contribution in [0.15, 0.2) is 35.7 Å². The minimum atomic E-state index is 0.192. The summed E-state index contributed by atoms with van der Waals surface area (Å²) in [5.74, 6) is 1.21. The molecule has 2 aliphatic carbocycles. The van der Waals surface area contributed by atoms with Gasteiger partial charge in [0.25, 0.3) is 0 Å². The van der Waals surface area contributed by atoms with Gasteiger partial charge < -0.3 is 10.2 Å². The minimum absolute atomic E-state index is 0.192. The molecule has 0 bridgehead atoms. The van der Waals surface area contributed by atoms with Crippen LogP contribution >= 0.6 is 0 Å². The summed E-state index contributed by atoms with van der Waals surface area (Å²) in [7, 11) is 0. The van der Waals surface area contributed by atoms with Crippen LogP contribution < -0.4 is 10.2 Å². The van der Waals surface area contributed by atoms with E-state index in [0.717, 1.165) is 0 Å². The average molecular weight is 326 g/mol. The van der Waals surface area contributed by atoms with Gasteiger partial charge in [0.1, 0.15) is 6.17 Å². The Labute approximate surface area is 148 Å². The first kappa shape index (κ1) is 14.9. The maximum absolute atomic E-state index is 9.06. The van der Waals surface area contributed by atoms with Crippen LogP contribution in [0.3, 0.4) is 0 Å². The van der Waals surface area contributed by atoms with Gasteiger partial charge in [0, 0.05) is 23.0 Å². The molecule has 4 rings (SSSR count). The first-order chi connectivity index (χ1) is 12.2. The number of anilines is 1. The number of para-hydroxylation sites is 1. The van der Waals surface area contributed by atoms with Crippen molar-refractivity contribution in [3.8, 4) is 0 Å². The molecule has 2 saturated carbocycles. The molecule has 0 spiro atoms. The lowest BCUT2D eigenvalue weighted by Gasteiger charge is -2.37. The third-order valence-corrected chi connectivity index (χ3v) is 6.46. The highest BCUT2D eigenvalue weighted by Crippen LogP contribution is 2.42. The van der Waals surface area contributed by atoms with Crippen LogP contribution in [0.25, 0.3) is 0 Å². The fraction of sp³-hybridized carbons (Fsp3) is 0.636. The summed E-state index contributed by atoms with van der Waals surface area (Å²) < 4.78 is 9.06. The molecule has 1 N–H and O–H groups in total. The zero-order valence-electron chi connectivity index (χ0n) is 16.3. The van der Waals surface area contributed by atoms with Gasteiger partial charge in [-0.25, -0.2) is 0 Å². The van der Waals surface area contributed by atoms with Gasteiger partial charge in [-0.3, -0.25) is 0 Å². The van der Waals surface area contributed by atoms with Crippen LogP contribution in [-0.4, -0.2) is 6.17 Å². The Morgan fingerprint density at radius 2 is 1.62 bits per heavy atom. The van der Waals surface area contributed by atoms with Gasteiger partial charge in [0.05, 0.1) is 0 Å². The molecular formula is C22H32N2. The second-order valence-corrected chi connectivity index (χ2v) is 8.05. The zero-order valence-corrected chi connectivity index (χ0v) is 15.3. The van der Waals surface area contributed by atoms with Crippen LogP contribution in [-0.2, 0) is 0 Å². The maximum Gasteiger partial charge on any atom is 0.162 e. The fourth-order valence-corrected chi connectivity index (χ4v) is 5.12. The third kappa shape index (κ3) is 2.85. The van der Waals surface area contributed by atoms with E-state index in [0.29, 0.717) is 11.8 Å². The first-order valence-electron chi connectivity index (χ1n) is 10.5. The number of rotatable bonds is 3. The lowest BCUT2D eigenvalue weighted by Crippen LogP contribution is -2.44. The van der Waals surface area contributed by atoms with Gasteiger partial charge in [-0.1, -0.05) is 50.3 Å². The SMILES string of the molecule is [2H]N1C(C2CCCC2)=C(C)N(c2ccccc2C)C1C1CCCCC1. The van der Waals surface area contributed by atoms with Crippen LogP contribution in [0.5, 0.6) is 0 Å². The number of allylic oxidation sites excluding steroid dienone is 2. The van der Waals surface area contributed by atoms with Gasteiger partial charge in [0.15, 0.2) is 1.41 Å². The second-order valence-electron chi connectivity index (χ2n) is 8.05. The monoisotopic (exact) mass is 325 g/mol. The first-order valence-corrected chi connectivity index (χ1v) is 10.0. The molecule has 1 heterocycles. The Hall–Kier alpha value is -1.44. The standard InChI is InChI=1S/C22H32N2/c1-16-10-6-9-15-20(16)24-17(2)21(18-11-7-8-12-18)23-22(24)19-13-4-3-5-14-19/h6,9-10,15,18-19,22-23H,3-5,7-8,11-14H2,1-2H3/i/hD. The molecule has 24 heavy (non-hydrogen) atoms. The Kier molecular flexibility index (Phi) is 4.22. The highest BCUT2D eigenvalue weighted by Gasteiger charge is 2.39. The van der Waals surface area contributed by atoms with Crippen LogP contribution in [0.2, 0.25) is 1.41 Å². The normalized spacial score (nSPS) is 27.2. The number of aryl methyl sites for hydroxylation is 1. The van der Waals surface area contributed by atoms with E-state index in [4.69, 9.17) is 1.41 Å². The van der Waals surface area contributed by atoms with E-state index in [9.17, 15) is 0 Å². The quantitative estimate of drug-likeness (QED) is 0.763. The number of nitrogens with one attached hydrogen (secondary N) is 1. The summed E-state index contributed by atoms with van der Waals surface area (Å²) in [5, 5.41) is 1.94. The minimum Gasteiger partial charge on any atom is -0.366 e. The number of hydrogen-bond acceptors (Lipinski definition) is 2. The zero-order chi connectivity index (χ0) is 17.4. The third-order valence-electron chi connectivity index (χ3n) is 6.46. The molecule has 0 aromatic heterocycles. The van der Waals surface area contributed by atoms with E-state index in [1.54, 1.807) is 0 Å². The van der Waals surface area contributed by atoms with Crippen molar-refractivity contribution in [2.75, 3.05) is 4.90 Å². The molecule has 130 valence electrons. The second kappa shape index (κ2) is 6.82. The Morgan fingerprint density at radius 3 is 2.33 bits per heavy atom. The summed E-state index contributed by atoms with van der Waals surface area (Å²) >= 11 is 0. The van der Waals surface area contributed by atoms with Crippen molar-refractivity contribution in [1.29, 1.82) is 0 Å². The summed E-state index contributed by atoms with van der Waals surface area (Å²) in [5.41, 5.74) is 5.28. The number of hydrogen-bond donors (Lipinski definition) is 1. The summed E-state index contributed by atoms with van der Waals surface area (Å²) in [4.78, 5) is 2.52. The van der Waals surface area contributed by atoms with E-state index in [-0.39, 0.29) is 6.17 Å². The molecule has 0 radical (unpaired) electrons. The smallest absolute Gasteiger partial charge is 0.162 e. The van der Waals surface area contributed by atoms with E-state index < -0.39 is 0 Å². The molecular weight excluding hydrogens is 292 g/mol. The van der Waals surface area contributed by atoms with Gasteiger partial charge in [0.2, 0.25) is 0 Å². The largest absolute Gasteiger partial charge is 0.366 e. The van der Waals surface area contributed by atoms with Gasteiger partial charge in [-0.15, -0.1) is 0 Å². The molecule has 0 amide bonds. The predicted molar refractivity (Wildman–Crippen MR) is 102 cm³/mol. The van der Waals surface area contributed by atoms with Crippen molar-refractivity contribution >= 4 is 5.69 Å². The predicted octanol–water partition coefficient (Wildman–Crippen LogP) is 5.73. The number of benzene rings is 1. The molecule has 2 fully saturated rings. The van der Waals surface area contributed by atoms with Crippen molar-refractivity contribution in [2.24, 2.45) is 11.8 Å². The maximum atomic E-state index is 9.06. The molecule has 1 aromatic rings. The summed E-state index contributed by atoms with van der Waals surface area (Å²) in [6.07, 6.45) is 11.9. The van der Waals surface area contributed by atoms with Crippen molar-refractivity contribution < 1.29 is 1.41 Å². The van der Waals surface area contributed by atoms with Crippen LogP contribution in [0.4, 0.5) is 5.69 Å². The fourth-order valence-electron chi connectivity index (χ4n) is 5.12. The molecule has 2 nitrogen and oxygen atoms in total. The van der Waals surface area contributed by atoms with Crippen LogP contribution in [0, 0.1) is 18.8 Å². The van der Waals surface area contributed by atoms with Crippen LogP contribution in [0.1, 0.15) is 70.3 Å². The van der Waals surface area contributed by atoms with Crippen molar-refractivity contribution in [1.82, 2.24) is 5.31 Å². The molecule has 0 saturated heterocycles. The van der Waals surface area contributed by atoms with Gasteiger partial charge in [-0.05, 0) is 57.1 Å². The van der Waals surface area contributed by atoms with E-state index in [1.807, 2.05) is 5.31 Å². The molecule has 3 aliphatic rings. The van der Waals surface area contributed by atoms with E-state index in [2.05, 4.69) is 43.0 Å². The van der Waals surface area contributed by atoms with E-state index in [1.165, 1.54) is 80.4 Å². The highest BCUT2D eigenvalue weighted by atomic mass is 15.3. The summed E-state index contributed by atoms with van der Waals surface area (Å²) in [6, 6.07) is 8.73. The van der Waals surface area contributed by atoms with Crippen molar-refractivity contribution in [3.63, 3.8) is 0 Å². The molecule has 1 aromatic carbocycles. The molecule has 2 heteroatoms. The lowest BCUT2D eigenvalue weighted by atomic mass is 9.86. The molecule has 1 atom stereocenters. The van der Waals surface area contributed by atoms with Gasteiger partial charge in [-0.2, -0.15) is 0 Å². The van der Waals surface area contributed by atoms with Gasteiger partial charge >= 0.3 is 0 Å². The number of nitrogens with zero attached hydrogens (tertiary/aromatic N) is 1. The highest BCUT2D eigenvalue weighted by molar-refractivity contribution is 5.60. The Bertz CT molecular complexity index is 641. The van der Waals surface area contributed by atoms with Crippen molar-refractivity contribution in [2.45, 2.75) is 77.8 Å².